The van der Waals surface area contributed by atoms with Crippen molar-refractivity contribution in [3.8, 4) is 0 Å². The molecule has 0 radical (unpaired) electrons. The summed E-state index contributed by atoms with van der Waals surface area (Å²) in [5.41, 5.74) is 0.818. The second-order valence-electron chi connectivity index (χ2n) is 5.00. The number of hydrogen-bond donors (Lipinski definition) is 0. The van der Waals surface area contributed by atoms with Crippen LogP contribution < -0.4 is 0 Å². The maximum atomic E-state index is 11.9. The topological polar surface area (TPSA) is 20.3 Å². The van der Waals surface area contributed by atoms with Gasteiger partial charge in [-0.1, -0.05) is 44.2 Å². The predicted octanol–water partition coefficient (Wildman–Crippen LogP) is 3.24. The lowest BCUT2D eigenvalue weighted by molar-refractivity contribution is 0.0955. The first-order valence-corrected chi connectivity index (χ1v) is 6.31. The zero-order chi connectivity index (χ0) is 12.8. The third-order valence-corrected chi connectivity index (χ3v) is 3.45. The number of nitrogens with zero attached hydrogens (tertiary/aromatic N) is 1. The fourth-order valence-corrected chi connectivity index (χ4v) is 1.76. The average molecular weight is 233 g/mol. The maximum absolute atomic E-state index is 11.9. The van der Waals surface area contributed by atoms with Gasteiger partial charge in [-0.15, -0.1) is 0 Å². The molecule has 0 aliphatic heterocycles. The zero-order valence-corrected chi connectivity index (χ0v) is 11.3. The van der Waals surface area contributed by atoms with E-state index in [-0.39, 0.29) is 5.78 Å². The molecule has 1 unspecified atom stereocenters. The summed E-state index contributed by atoms with van der Waals surface area (Å²) in [6.07, 6.45) is 0.595. The fraction of sp³-hybridized carbons (Fsp3) is 0.533. The number of hydrogen-bond acceptors (Lipinski definition) is 2. The number of carbonyl (C=O) groups excluding carboxylic acids is 1. The van der Waals surface area contributed by atoms with Crippen molar-refractivity contribution in [2.75, 3.05) is 13.6 Å². The molecule has 0 bridgehead atoms. The van der Waals surface area contributed by atoms with Gasteiger partial charge in [0.25, 0.3) is 0 Å². The van der Waals surface area contributed by atoms with E-state index >= 15 is 0 Å². The summed E-state index contributed by atoms with van der Waals surface area (Å²) in [6.45, 7) is 7.45. The highest BCUT2D eigenvalue weighted by Crippen LogP contribution is 2.10. The molecule has 0 heterocycles. The Hall–Kier alpha value is -1.15. The van der Waals surface area contributed by atoms with Gasteiger partial charge < -0.3 is 4.90 Å². The normalized spacial score (nSPS) is 13.1. The van der Waals surface area contributed by atoms with Crippen molar-refractivity contribution in [2.45, 2.75) is 33.2 Å². The van der Waals surface area contributed by atoms with Gasteiger partial charge in [-0.25, -0.2) is 0 Å². The molecular weight excluding hydrogens is 210 g/mol. The summed E-state index contributed by atoms with van der Waals surface area (Å²) < 4.78 is 0. The van der Waals surface area contributed by atoms with Crippen LogP contribution >= 0.6 is 0 Å². The molecule has 0 spiro atoms. The summed E-state index contributed by atoms with van der Waals surface area (Å²) >= 11 is 0. The molecule has 0 aliphatic rings. The van der Waals surface area contributed by atoms with Crippen molar-refractivity contribution in [3.05, 3.63) is 35.9 Å². The molecule has 0 amide bonds. The minimum Gasteiger partial charge on any atom is -0.303 e. The third kappa shape index (κ3) is 4.31. The van der Waals surface area contributed by atoms with Crippen LogP contribution in [0.3, 0.4) is 0 Å². The van der Waals surface area contributed by atoms with Gasteiger partial charge in [0.2, 0.25) is 0 Å². The lowest BCUT2D eigenvalue weighted by atomic mass is 10.0. The van der Waals surface area contributed by atoms with Gasteiger partial charge in [0, 0.05) is 24.6 Å². The van der Waals surface area contributed by atoms with Crippen molar-refractivity contribution in [1.29, 1.82) is 0 Å². The average Bonchev–Trinajstić information content (AvgIpc) is 2.35. The number of ketones is 1. The molecule has 0 saturated heterocycles. The lowest BCUT2D eigenvalue weighted by Gasteiger charge is -2.27. The molecule has 0 saturated carbocycles. The van der Waals surface area contributed by atoms with Crippen molar-refractivity contribution < 1.29 is 4.79 Å². The first-order chi connectivity index (χ1) is 8.02. The Bertz CT molecular complexity index is 345. The number of rotatable bonds is 6. The molecule has 1 rings (SSSR count). The molecule has 0 aromatic heterocycles. The quantitative estimate of drug-likeness (QED) is 0.703. The van der Waals surface area contributed by atoms with Crippen LogP contribution in [0.2, 0.25) is 0 Å². The van der Waals surface area contributed by atoms with Gasteiger partial charge in [-0.05, 0) is 19.9 Å². The molecular formula is C15H23NO. The van der Waals surface area contributed by atoms with Crippen molar-refractivity contribution in [3.63, 3.8) is 0 Å². The van der Waals surface area contributed by atoms with E-state index in [0.717, 1.165) is 12.1 Å². The van der Waals surface area contributed by atoms with Gasteiger partial charge in [0.05, 0.1) is 0 Å². The SMILES string of the molecule is CC(C)C(C)N(C)CCC(=O)c1ccccc1. The monoisotopic (exact) mass is 233 g/mol. The molecule has 0 N–H and O–H groups in total. The summed E-state index contributed by atoms with van der Waals surface area (Å²) in [4.78, 5) is 14.2. The molecule has 1 atom stereocenters. The Balaban J connectivity index is 2.44. The zero-order valence-electron chi connectivity index (χ0n) is 11.3. The molecule has 2 heteroatoms. The van der Waals surface area contributed by atoms with Crippen LogP contribution in [0.25, 0.3) is 0 Å². The van der Waals surface area contributed by atoms with Crippen LogP contribution in [0.5, 0.6) is 0 Å². The van der Waals surface area contributed by atoms with Crippen molar-refractivity contribution in [1.82, 2.24) is 4.90 Å². The molecule has 17 heavy (non-hydrogen) atoms. The first-order valence-electron chi connectivity index (χ1n) is 6.31. The van der Waals surface area contributed by atoms with E-state index in [1.165, 1.54) is 0 Å². The summed E-state index contributed by atoms with van der Waals surface area (Å²) in [7, 11) is 2.09. The highest BCUT2D eigenvalue weighted by molar-refractivity contribution is 5.96. The Kier molecular flexibility index (Phi) is 5.36. The Labute approximate surface area is 105 Å². The molecule has 1 aromatic rings. The predicted molar refractivity (Wildman–Crippen MR) is 72.3 cm³/mol. The maximum Gasteiger partial charge on any atom is 0.164 e. The largest absolute Gasteiger partial charge is 0.303 e. The molecule has 94 valence electrons. The summed E-state index contributed by atoms with van der Waals surface area (Å²) in [5.74, 6) is 0.847. The summed E-state index contributed by atoms with van der Waals surface area (Å²) in [5, 5.41) is 0. The van der Waals surface area contributed by atoms with Gasteiger partial charge in [0.15, 0.2) is 5.78 Å². The lowest BCUT2D eigenvalue weighted by Crippen LogP contribution is -2.34. The highest BCUT2D eigenvalue weighted by Gasteiger charge is 2.14. The van der Waals surface area contributed by atoms with Crippen LogP contribution in [0.4, 0.5) is 0 Å². The van der Waals surface area contributed by atoms with E-state index in [4.69, 9.17) is 0 Å². The molecule has 1 aromatic carbocycles. The van der Waals surface area contributed by atoms with E-state index in [9.17, 15) is 4.79 Å². The van der Waals surface area contributed by atoms with Crippen molar-refractivity contribution >= 4 is 5.78 Å². The van der Waals surface area contributed by atoms with Crippen LogP contribution in [0.15, 0.2) is 30.3 Å². The van der Waals surface area contributed by atoms with E-state index in [1.54, 1.807) is 0 Å². The molecule has 0 fully saturated rings. The van der Waals surface area contributed by atoms with Crippen LogP contribution in [0, 0.1) is 5.92 Å². The third-order valence-electron chi connectivity index (χ3n) is 3.45. The minimum atomic E-state index is 0.230. The standard InChI is InChI=1S/C15H23NO/c1-12(2)13(3)16(4)11-10-15(17)14-8-6-5-7-9-14/h5-9,12-13H,10-11H2,1-4H3. The molecule has 0 aliphatic carbocycles. The molecule has 2 nitrogen and oxygen atoms in total. The smallest absolute Gasteiger partial charge is 0.164 e. The number of benzene rings is 1. The Morgan fingerprint density at radius 3 is 2.29 bits per heavy atom. The Morgan fingerprint density at radius 1 is 1.18 bits per heavy atom. The van der Waals surface area contributed by atoms with Crippen molar-refractivity contribution in [2.24, 2.45) is 5.92 Å². The van der Waals surface area contributed by atoms with E-state index in [1.807, 2.05) is 30.3 Å². The fourth-order valence-electron chi connectivity index (χ4n) is 1.76. The number of carbonyl (C=O) groups is 1. The van der Waals surface area contributed by atoms with E-state index in [2.05, 4.69) is 32.7 Å². The van der Waals surface area contributed by atoms with Gasteiger partial charge >= 0.3 is 0 Å². The van der Waals surface area contributed by atoms with Crippen LogP contribution in [0.1, 0.15) is 37.6 Å². The van der Waals surface area contributed by atoms with Gasteiger partial charge in [-0.3, -0.25) is 4.79 Å². The van der Waals surface area contributed by atoms with E-state index < -0.39 is 0 Å². The first kappa shape index (κ1) is 13.9. The van der Waals surface area contributed by atoms with Gasteiger partial charge in [0.1, 0.15) is 0 Å². The van der Waals surface area contributed by atoms with Crippen LogP contribution in [-0.2, 0) is 0 Å². The van der Waals surface area contributed by atoms with Gasteiger partial charge in [-0.2, -0.15) is 0 Å². The Morgan fingerprint density at radius 2 is 1.76 bits per heavy atom. The van der Waals surface area contributed by atoms with Crippen LogP contribution in [-0.4, -0.2) is 30.3 Å². The minimum absolute atomic E-state index is 0.230. The number of Topliss-reactive ketones (excluding diaryl/α,β-unsaturated/α-hetero) is 1. The highest BCUT2D eigenvalue weighted by atomic mass is 16.1. The summed E-state index contributed by atoms with van der Waals surface area (Å²) in [6, 6.07) is 10.0. The second-order valence-corrected chi connectivity index (χ2v) is 5.00. The second kappa shape index (κ2) is 6.55. The van der Waals surface area contributed by atoms with E-state index in [0.29, 0.717) is 18.4 Å².